The number of hydrogen-bond acceptors (Lipinski definition) is 2. The fourth-order valence-electron chi connectivity index (χ4n) is 0.530. The van der Waals surface area contributed by atoms with Gasteiger partial charge in [-0.05, 0) is 40.8 Å². The summed E-state index contributed by atoms with van der Waals surface area (Å²) < 4.78 is 1.13. The highest BCUT2D eigenvalue weighted by Gasteiger charge is 1.92. The lowest BCUT2D eigenvalue weighted by Gasteiger charge is -1.96. The molecule has 0 heterocycles. The number of halogens is 1. The van der Waals surface area contributed by atoms with Gasteiger partial charge in [0.25, 0.3) is 0 Å². The molecule has 0 aliphatic heterocycles. The summed E-state index contributed by atoms with van der Waals surface area (Å²) >= 11 is 6.39. The van der Waals surface area contributed by atoms with Gasteiger partial charge in [-0.1, -0.05) is 0 Å². The van der Waals surface area contributed by atoms with Gasteiger partial charge in [0.05, 0.1) is 0 Å². The molecule has 0 radical (unpaired) electrons. The molecule has 9 heavy (non-hydrogen) atoms. The van der Waals surface area contributed by atoms with Crippen LogP contribution in [0.3, 0.4) is 0 Å². The molecule has 3 heteroatoms. The lowest BCUT2D eigenvalue weighted by atomic mass is 10.3. The second-order valence-corrected chi connectivity index (χ2v) is 3.35. The van der Waals surface area contributed by atoms with E-state index in [4.69, 9.17) is 5.73 Å². The molecule has 0 atom stereocenters. The summed E-state index contributed by atoms with van der Waals surface area (Å²) in [6.07, 6.45) is 0. The van der Waals surface area contributed by atoms with E-state index >= 15 is 0 Å². The average molecular weight is 251 g/mol. The first-order chi connectivity index (χ1) is 4.20. The smallest absolute Gasteiger partial charge is 0.0325 e. The van der Waals surface area contributed by atoms with Gasteiger partial charge in [-0.3, -0.25) is 0 Å². The number of rotatable bonds is 0. The van der Waals surface area contributed by atoms with Gasteiger partial charge in [-0.25, -0.2) is 0 Å². The maximum Gasteiger partial charge on any atom is 0.0325 e. The molecule has 0 saturated heterocycles. The molecule has 0 saturated carbocycles. The first kappa shape index (κ1) is 7.21. The van der Waals surface area contributed by atoms with E-state index in [1.54, 1.807) is 0 Å². The molecular weight excluding hydrogens is 245 g/mol. The lowest BCUT2D eigenvalue weighted by Crippen LogP contribution is -1.84. The van der Waals surface area contributed by atoms with Crippen LogP contribution in [-0.2, 0) is 0 Å². The predicted molar refractivity (Wildman–Crippen MR) is 50.8 cm³/mol. The van der Waals surface area contributed by atoms with Crippen molar-refractivity contribution < 1.29 is 0 Å². The van der Waals surface area contributed by atoms with Gasteiger partial charge < -0.3 is 5.73 Å². The van der Waals surface area contributed by atoms with Crippen LogP contribution >= 0.6 is 35.2 Å². The van der Waals surface area contributed by atoms with Crippen molar-refractivity contribution in [3.8, 4) is 0 Å². The normalized spacial score (nSPS) is 9.56. The van der Waals surface area contributed by atoms with Crippen molar-refractivity contribution in [2.24, 2.45) is 0 Å². The molecule has 0 aliphatic rings. The molecule has 0 bridgehead atoms. The van der Waals surface area contributed by atoms with Crippen LogP contribution in [-0.4, -0.2) is 0 Å². The second kappa shape index (κ2) is 2.79. The summed E-state index contributed by atoms with van der Waals surface area (Å²) in [4.78, 5) is 0.940. The zero-order valence-corrected chi connectivity index (χ0v) is 7.69. The van der Waals surface area contributed by atoms with Crippen molar-refractivity contribution >= 4 is 40.9 Å². The summed E-state index contributed by atoms with van der Waals surface area (Å²) in [5.74, 6) is 0. The third kappa shape index (κ3) is 1.76. The number of thiol groups is 1. The highest BCUT2D eigenvalue weighted by Crippen LogP contribution is 2.18. The van der Waals surface area contributed by atoms with Crippen molar-refractivity contribution in [1.82, 2.24) is 0 Å². The fourth-order valence-corrected chi connectivity index (χ4v) is 1.09. The minimum atomic E-state index is 0.764. The molecule has 1 aromatic rings. The predicted octanol–water partition coefficient (Wildman–Crippen LogP) is 2.16. The third-order valence-corrected chi connectivity index (χ3v) is 2.71. The Morgan fingerprint density at radius 2 is 2.11 bits per heavy atom. The summed E-state index contributed by atoms with van der Waals surface area (Å²) in [5.41, 5.74) is 6.24. The molecule has 0 unspecified atom stereocenters. The quantitative estimate of drug-likeness (QED) is 0.412. The second-order valence-electron chi connectivity index (χ2n) is 1.71. The van der Waals surface area contributed by atoms with Gasteiger partial charge >= 0.3 is 0 Å². The van der Waals surface area contributed by atoms with E-state index in [0.717, 1.165) is 14.2 Å². The minimum Gasteiger partial charge on any atom is -0.399 e. The van der Waals surface area contributed by atoms with Crippen LogP contribution in [0.2, 0.25) is 0 Å². The van der Waals surface area contributed by atoms with Crippen molar-refractivity contribution in [3.05, 3.63) is 21.8 Å². The topological polar surface area (TPSA) is 26.0 Å². The van der Waals surface area contributed by atoms with Gasteiger partial charge in [0.1, 0.15) is 0 Å². The Morgan fingerprint density at radius 3 is 2.56 bits per heavy atom. The Hall–Kier alpha value is 0.1000. The first-order valence-electron chi connectivity index (χ1n) is 2.44. The van der Waals surface area contributed by atoms with Crippen LogP contribution in [0.25, 0.3) is 0 Å². The van der Waals surface area contributed by atoms with E-state index in [-0.39, 0.29) is 0 Å². The van der Waals surface area contributed by atoms with E-state index in [0.29, 0.717) is 0 Å². The Bertz CT molecular complexity index is 224. The number of nitrogens with two attached hydrogens (primary N) is 1. The molecule has 1 nitrogen and oxygen atoms in total. The summed E-state index contributed by atoms with van der Waals surface area (Å²) in [6.45, 7) is 0. The van der Waals surface area contributed by atoms with Crippen molar-refractivity contribution in [2.75, 3.05) is 5.73 Å². The monoisotopic (exact) mass is 251 g/mol. The number of nitrogen functional groups attached to an aromatic ring is 1. The Kier molecular flexibility index (Phi) is 2.23. The van der Waals surface area contributed by atoms with Gasteiger partial charge in [-0.15, -0.1) is 12.6 Å². The molecule has 0 aliphatic carbocycles. The highest BCUT2D eigenvalue weighted by atomic mass is 127. The molecule has 2 N–H and O–H groups in total. The first-order valence-corrected chi connectivity index (χ1v) is 3.97. The van der Waals surface area contributed by atoms with Gasteiger partial charge in [-0.2, -0.15) is 0 Å². The maximum absolute atomic E-state index is 5.48. The molecule has 0 fully saturated rings. The van der Waals surface area contributed by atoms with Crippen LogP contribution in [0.15, 0.2) is 23.1 Å². The number of benzene rings is 1. The SMILES string of the molecule is Nc1ccc(I)c(S)c1. The van der Waals surface area contributed by atoms with Crippen LogP contribution in [0.1, 0.15) is 0 Å². The fraction of sp³-hybridized carbons (Fsp3) is 0. The molecule has 1 rings (SSSR count). The van der Waals surface area contributed by atoms with E-state index in [2.05, 4.69) is 35.2 Å². The molecular formula is C6H6INS. The largest absolute Gasteiger partial charge is 0.399 e. The molecule has 0 aromatic heterocycles. The zero-order chi connectivity index (χ0) is 6.85. The maximum atomic E-state index is 5.48. The van der Waals surface area contributed by atoms with Gasteiger partial charge in [0.2, 0.25) is 0 Å². The van der Waals surface area contributed by atoms with E-state index in [1.807, 2.05) is 18.2 Å². The number of hydrogen-bond donors (Lipinski definition) is 2. The highest BCUT2D eigenvalue weighted by molar-refractivity contribution is 14.1. The van der Waals surface area contributed by atoms with E-state index in [9.17, 15) is 0 Å². The standard InChI is InChI=1S/C6H6INS/c7-5-2-1-4(8)3-6(5)9/h1-3,9H,8H2. The Morgan fingerprint density at radius 1 is 1.44 bits per heavy atom. The van der Waals surface area contributed by atoms with E-state index in [1.165, 1.54) is 0 Å². The zero-order valence-electron chi connectivity index (χ0n) is 4.63. The van der Waals surface area contributed by atoms with E-state index < -0.39 is 0 Å². The molecule has 0 spiro atoms. The summed E-state index contributed by atoms with van der Waals surface area (Å²) in [6, 6.07) is 5.64. The Balaban J connectivity index is 3.17. The average Bonchev–Trinajstić information content (AvgIpc) is 1.80. The summed E-state index contributed by atoms with van der Waals surface area (Å²) in [7, 11) is 0. The van der Waals surface area contributed by atoms with Gasteiger partial charge in [0, 0.05) is 14.2 Å². The van der Waals surface area contributed by atoms with Crippen molar-refractivity contribution in [2.45, 2.75) is 4.90 Å². The Labute approximate surface area is 73.2 Å². The molecule has 0 amide bonds. The number of anilines is 1. The summed E-state index contributed by atoms with van der Waals surface area (Å²) in [5, 5.41) is 0. The van der Waals surface area contributed by atoms with Crippen LogP contribution < -0.4 is 5.73 Å². The van der Waals surface area contributed by atoms with Crippen molar-refractivity contribution in [3.63, 3.8) is 0 Å². The van der Waals surface area contributed by atoms with Crippen LogP contribution in [0.4, 0.5) is 5.69 Å². The van der Waals surface area contributed by atoms with Gasteiger partial charge in [0.15, 0.2) is 0 Å². The minimum absolute atomic E-state index is 0.764. The van der Waals surface area contributed by atoms with Crippen LogP contribution in [0.5, 0.6) is 0 Å². The molecule has 48 valence electrons. The van der Waals surface area contributed by atoms with Crippen molar-refractivity contribution in [1.29, 1.82) is 0 Å². The molecule has 1 aromatic carbocycles. The lowest BCUT2D eigenvalue weighted by molar-refractivity contribution is 1.42. The van der Waals surface area contributed by atoms with Crippen LogP contribution in [0, 0.1) is 3.57 Å². The third-order valence-electron chi connectivity index (χ3n) is 0.970.